The van der Waals surface area contributed by atoms with Crippen molar-refractivity contribution in [2.45, 2.75) is 30.4 Å². The quantitative estimate of drug-likeness (QED) is 0.188. The largest absolute Gasteiger partial charge is 0.196 e. The maximum absolute atomic E-state index is 11.2. The van der Waals surface area contributed by atoms with Gasteiger partial charge in [0, 0.05) is 30.7 Å². The molecule has 6 rings (SSSR count). The van der Waals surface area contributed by atoms with Gasteiger partial charge in [-0.2, -0.15) is 21.0 Å². The summed E-state index contributed by atoms with van der Waals surface area (Å²) < 4.78 is 0. The molecule has 0 fully saturated rings. The fourth-order valence-electron chi connectivity index (χ4n) is 6.53. The summed E-state index contributed by atoms with van der Waals surface area (Å²) in [5.74, 6) is 0. The first-order valence-corrected chi connectivity index (χ1v) is 19.1. The minimum atomic E-state index is -1.80. The molecule has 0 aliphatic heterocycles. The number of nitriles is 4. The highest BCUT2D eigenvalue weighted by Gasteiger charge is 2.57. The third-order valence-electron chi connectivity index (χ3n) is 8.73. The van der Waals surface area contributed by atoms with E-state index in [-0.39, 0.29) is 0 Å². The van der Waals surface area contributed by atoms with E-state index in [9.17, 15) is 21.0 Å². The lowest BCUT2D eigenvalue weighted by atomic mass is 9.53. The standard InChI is InChI=1S/C38H26N4S4/c1-43-25-9-5-23(6-10-25)33-29-15-13-27(45-3)17-31(29)38(21-41,22-42)36-34(24-7-11-26(44-2)12-8-24)30-16-14-28(46-4)18-32(30)37(19-39,20-40)35(33)36/h5-18H,1-4H3. The van der Waals surface area contributed by atoms with E-state index in [2.05, 4.69) is 24.3 Å². The van der Waals surface area contributed by atoms with Crippen molar-refractivity contribution >= 4 is 58.2 Å². The number of fused-ring (bicyclic) bond motifs is 3. The van der Waals surface area contributed by atoms with Crippen LogP contribution in [0.5, 0.6) is 0 Å². The molecule has 0 N–H and O–H groups in total. The molecule has 0 saturated heterocycles. The Bertz CT molecular complexity index is 1950. The second-order valence-electron chi connectivity index (χ2n) is 10.7. The predicted octanol–water partition coefficient (Wildman–Crippen LogP) is 9.48. The van der Waals surface area contributed by atoms with Gasteiger partial charge in [0.15, 0.2) is 10.8 Å². The molecule has 0 unspecified atom stereocenters. The summed E-state index contributed by atoms with van der Waals surface area (Å²) in [6, 6.07) is 37.5. The molecule has 0 heterocycles. The number of hydrogen-bond acceptors (Lipinski definition) is 8. The smallest absolute Gasteiger partial charge is 0.195 e. The van der Waals surface area contributed by atoms with Gasteiger partial charge in [-0.3, -0.25) is 0 Å². The van der Waals surface area contributed by atoms with Gasteiger partial charge in [0.2, 0.25) is 0 Å². The topological polar surface area (TPSA) is 95.2 Å². The average Bonchev–Trinajstić information content (AvgIpc) is 3.13. The first kappa shape index (κ1) is 31.7. The Hall–Kier alpha value is -4.28. The van der Waals surface area contributed by atoms with Gasteiger partial charge in [-0.25, -0.2) is 0 Å². The van der Waals surface area contributed by atoms with Gasteiger partial charge in [0.25, 0.3) is 0 Å². The molecule has 0 spiro atoms. The molecule has 46 heavy (non-hydrogen) atoms. The summed E-state index contributed by atoms with van der Waals surface area (Å²) in [6.45, 7) is 0. The molecule has 0 saturated carbocycles. The Kier molecular flexibility index (Phi) is 8.60. The molecular weight excluding hydrogens is 641 g/mol. The molecular formula is C38H26N4S4. The molecule has 8 heteroatoms. The fourth-order valence-corrected chi connectivity index (χ4v) is 8.22. The van der Waals surface area contributed by atoms with Crippen LogP contribution in [0.15, 0.2) is 116 Å². The number of rotatable bonds is 6. The SMILES string of the molecule is CSc1ccc(C2=C3C(=C(c4ccc(SC)cc4)c4ccc(SC)cc4C3(C#N)C#N)C(C#N)(C#N)c3cc(SC)ccc32)cc1. The van der Waals surface area contributed by atoms with Crippen molar-refractivity contribution in [3.8, 4) is 24.3 Å². The molecule has 0 atom stereocenters. The van der Waals surface area contributed by atoms with Gasteiger partial charge in [0.1, 0.15) is 0 Å². The van der Waals surface area contributed by atoms with Crippen LogP contribution >= 0.6 is 47.0 Å². The number of nitrogens with zero attached hydrogens (tertiary/aromatic N) is 4. The van der Waals surface area contributed by atoms with Crippen LogP contribution in [-0.2, 0) is 10.8 Å². The molecule has 2 aliphatic rings. The maximum Gasteiger partial charge on any atom is 0.195 e. The van der Waals surface area contributed by atoms with Crippen molar-refractivity contribution < 1.29 is 0 Å². The zero-order valence-electron chi connectivity index (χ0n) is 25.5. The van der Waals surface area contributed by atoms with Crippen LogP contribution in [0.3, 0.4) is 0 Å². The summed E-state index contributed by atoms with van der Waals surface area (Å²) in [6.07, 6.45) is 7.95. The lowest BCUT2D eigenvalue weighted by molar-refractivity contribution is 0.729. The minimum Gasteiger partial charge on any atom is -0.196 e. The lowest BCUT2D eigenvalue weighted by Crippen LogP contribution is -2.42. The molecule has 4 nitrogen and oxygen atoms in total. The van der Waals surface area contributed by atoms with Crippen molar-refractivity contribution in [3.05, 3.63) is 129 Å². The Morgan fingerprint density at radius 3 is 1.02 bits per heavy atom. The number of thioether (sulfide) groups is 4. The summed E-state index contributed by atoms with van der Waals surface area (Å²) in [5, 5.41) is 44.8. The van der Waals surface area contributed by atoms with Gasteiger partial charge < -0.3 is 0 Å². The molecule has 2 aliphatic carbocycles. The molecule has 0 bridgehead atoms. The Morgan fingerprint density at radius 1 is 0.435 bits per heavy atom. The van der Waals surface area contributed by atoms with E-state index < -0.39 is 10.8 Å². The van der Waals surface area contributed by atoms with Crippen molar-refractivity contribution in [1.29, 1.82) is 21.0 Å². The highest BCUT2D eigenvalue weighted by atomic mass is 32.2. The van der Waals surface area contributed by atoms with Crippen LogP contribution < -0.4 is 0 Å². The lowest BCUT2D eigenvalue weighted by Gasteiger charge is -2.44. The zero-order chi connectivity index (χ0) is 32.6. The van der Waals surface area contributed by atoms with Gasteiger partial charge in [-0.15, -0.1) is 47.0 Å². The van der Waals surface area contributed by atoms with Crippen LogP contribution in [-0.4, -0.2) is 25.0 Å². The van der Waals surface area contributed by atoms with E-state index in [0.29, 0.717) is 44.5 Å². The van der Waals surface area contributed by atoms with Crippen LogP contribution in [0.25, 0.3) is 11.1 Å². The van der Waals surface area contributed by atoms with Gasteiger partial charge in [-0.1, -0.05) is 36.4 Å². The van der Waals surface area contributed by atoms with Gasteiger partial charge in [-0.05, 0) is 118 Å². The zero-order valence-corrected chi connectivity index (χ0v) is 28.8. The van der Waals surface area contributed by atoms with Gasteiger partial charge >= 0.3 is 0 Å². The Labute approximate surface area is 286 Å². The van der Waals surface area contributed by atoms with Crippen LogP contribution in [0, 0.1) is 45.3 Å². The first-order valence-electron chi connectivity index (χ1n) is 14.2. The van der Waals surface area contributed by atoms with Crippen LogP contribution in [0.2, 0.25) is 0 Å². The van der Waals surface area contributed by atoms with Crippen LogP contribution in [0.1, 0.15) is 33.4 Å². The number of benzene rings is 4. The van der Waals surface area contributed by atoms with Crippen LogP contribution in [0.4, 0.5) is 0 Å². The maximum atomic E-state index is 11.2. The Balaban J connectivity index is 1.94. The fraction of sp³-hybridized carbons (Fsp3) is 0.158. The highest BCUT2D eigenvalue weighted by molar-refractivity contribution is 7.99. The normalized spacial score (nSPS) is 15.4. The van der Waals surface area contributed by atoms with Crippen molar-refractivity contribution in [1.82, 2.24) is 0 Å². The average molecular weight is 667 g/mol. The van der Waals surface area contributed by atoms with E-state index in [0.717, 1.165) is 30.7 Å². The number of hydrogen-bond donors (Lipinski definition) is 0. The second kappa shape index (κ2) is 12.5. The van der Waals surface area contributed by atoms with E-state index in [1.54, 1.807) is 23.5 Å². The molecule has 222 valence electrons. The molecule has 0 amide bonds. The summed E-state index contributed by atoms with van der Waals surface area (Å²) in [5.41, 5.74) is 2.64. The van der Waals surface area contributed by atoms with Crippen molar-refractivity contribution in [2.75, 3.05) is 25.0 Å². The second-order valence-corrected chi connectivity index (χ2v) is 14.2. The highest BCUT2D eigenvalue weighted by Crippen LogP contribution is 2.61. The molecule has 4 aromatic carbocycles. The number of allylic oxidation sites excluding steroid dienone is 2. The van der Waals surface area contributed by atoms with Crippen molar-refractivity contribution in [3.63, 3.8) is 0 Å². The van der Waals surface area contributed by atoms with E-state index >= 15 is 0 Å². The summed E-state index contributed by atoms with van der Waals surface area (Å²) >= 11 is 6.32. The monoisotopic (exact) mass is 666 g/mol. The molecule has 4 aromatic rings. The van der Waals surface area contributed by atoms with Gasteiger partial charge in [0.05, 0.1) is 24.3 Å². The summed E-state index contributed by atoms with van der Waals surface area (Å²) in [7, 11) is 0. The predicted molar refractivity (Wildman–Crippen MR) is 191 cm³/mol. The molecule has 0 radical (unpaired) electrons. The Morgan fingerprint density at radius 2 is 0.739 bits per heavy atom. The van der Waals surface area contributed by atoms with E-state index in [1.165, 1.54) is 23.5 Å². The summed E-state index contributed by atoms with van der Waals surface area (Å²) in [4.78, 5) is 3.96. The molecule has 0 aromatic heterocycles. The first-order chi connectivity index (χ1) is 22.4. The van der Waals surface area contributed by atoms with E-state index in [1.807, 2.05) is 110 Å². The third kappa shape index (κ3) is 4.60. The third-order valence-corrected chi connectivity index (χ3v) is 11.7. The van der Waals surface area contributed by atoms with E-state index in [4.69, 9.17) is 0 Å². The minimum absolute atomic E-state index is 0.400. The van der Waals surface area contributed by atoms with Crippen molar-refractivity contribution in [2.24, 2.45) is 0 Å².